The summed E-state index contributed by atoms with van der Waals surface area (Å²) in [5.74, 6) is 0. The van der Waals surface area contributed by atoms with Gasteiger partial charge in [0.2, 0.25) is 0 Å². The predicted molar refractivity (Wildman–Crippen MR) is 105 cm³/mol. The first-order chi connectivity index (χ1) is 11.7. The van der Waals surface area contributed by atoms with E-state index >= 15 is 0 Å². The first kappa shape index (κ1) is 18.9. The normalized spacial score (nSPS) is 14.7. The van der Waals surface area contributed by atoms with Crippen molar-refractivity contribution in [2.24, 2.45) is 0 Å². The molecule has 0 unspecified atom stereocenters. The lowest BCUT2D eigenvalue weighted by molar-refractivity contribution is -0.906. The summed E-state index contributed by atoms with van der Waals surface area (Å²) >= 11 is 10.5. The Morgan fingerprint density at radius 1 is 1.08 bits per heavy atom. The van der Waals surface area contributed by atoms with Crippen molar-refractivity contribution in [1.29, 1.82) is 0 Å². The summed E-state index contributed by atoms with van der Waals surface area (Å²) in [6, 6.07) is 8.18. The van der Waals surface area contributed by atoms with Crippen molar-refractivity contribution in [3.63, 3.8) is 0 Å². The number of thiocarbonyl (C=S) groups is 2. The molecule has 0 amide bonds. The number of anilines is 1. The summed E-state index contributed by atoms with van der Waals surface area (Å²) in [6.45, 7) is 7.79. The molecule has 0 spiro atoms. The molecule has 0 radical (unpaired) electrons. The van der Waals surface area contributed by atoms with E-state index in [9.17, 15) is 0 Å². The van der Waals surface area contributed by atoms with Crippen molar-refractivity contribution >= 4 is 40.3 Å². The Kier molecular flexibility index (Phi) is 8.17. The molecule has 24 heavy (non-hydrogen) atoms. The minimum Gasteiger partial charge on any atom is -0.370 e. The van der Waals surface area contributed by atoms with Crippen LogP contribution in [-0.2, 0) is 11.2 Å². The quantitative estimate of drug-likeness (QED) is 0.365. The molecular formula is C16H26N5OS2+. The van der Waals surface area contributed by atoms with Crippen molar-refractivity contribution in [3.8, 4) is 0 Å². The number of rotatable bonds is 5. The van der Waals surface area contributed by atoms with Crippen LogP contribution in [0.15, 0.2) is 24.3 Å². The first-order valence-corrected chi connectivity index (χ1v) is 9.10. The van der Waals surface area contributed by atoms with Crippen LogP contribution in [0, 0.1) is 0 Å². The van der Waals surface area contributed by atoms with Crippen LogP contribution < -0.4 is 26.4 Å². The lowest BCUT2D eigenvalue weighted by Crippen LogP contribution is -3.14. The molecule has 0 bridgehead atoms. The van der Waals surface area contributed by atoms with Gasteiger partial charge in [-0.2, -0.15) is 0 Å². The van der Waals surface area contributed by atoms with E-state index in [0.717, 1.165) is 51.5 Å². The topological polar surface area (TPSA) is 61.8 Å². The van der Waals surface area contributed by atoms with Gasteiger partial charge in [0, 0.05) is 5.69 Å². The molecule has 2 rings (SSSR count). The van der Waals surface area contributed by atoms with Crippen LogP contribution in [-0.4, -0.2) is 49.6 Å². The second kappa shape index (κ2) is 10.4. The third kappa shape index (κ3) is 6.96. The van der Waals surface area contributed by atoms with Crippen LogP contribution in [0.25, 0.3) is 0 Å². The van der Waals surface area contributed by atoms with Gasteiger partial charge in [0.15, 0.2) is 10.2 Å². The van der Waals surface area contributed by atoms with E-state index in [-0.39, 0.29) is 0 Å². The molecule has 1 heterocycles. The van der Waals surface area contributed by atoms with Crippen molar-refractivity contribution in [2.75, 3.05) is 44.7 Å². The van der Waals surface area contributed by atoms with Crippen LogP contribution in [0.3, 0.4) is 0 Å². The van der Waals surface area contributed by atoms with Crippen molar-refractivity contribution in [3.05, 3.63) is 29.8 Å². The Morgan fingerprint density at radius 2 is 1.75 bits per heavy atom. The maximum Gasteiger partial charge on any atom is 0.189 e. The van der Waals surface area contributed by atoms with E-state index in [1.165, 1.54) is 10.5 Å². The Morgan fingerprint density at radius 3 is 2.42 bits per heavy atom. The SMILES string of the molecule is CCc1ccc(NC(=S)NNC(=S)NCC[NH+]2CCOCC2)cc1. The summed E-state index contributed by atoms with van der Waals surface area (Å²) in [4.78, 5) is 1.54. The minimum atomic E-state index is 0.474. The molecule has 1 aliphatic heterocycles. The second-order valence-electron chi connectivity index (χ2n) is 5.62. The highest BCUT2D eigenvalue weighted by Gasteiger charge is 2.12. The molecular weight excluding hydrogens is 342 g/mol. The lowest BCUT2D eigenvalue weighted by Gasteiger charge is -2.24. The van der Waals surface area contributed by atoms with E-state index in [1.54, 1.807) is 0 Å². The number of hydrazine groups is 1. The maximum atomic E-state index is 5.34. The summed E-state index contributed by atoms with van der Waals surface area (Å²) in [5.41, 5.74) is 8.03. The zero-order valence-electron chi connectivity index (χ0n) is 14.0. The summed E-state index contributed by atoms with van der Waals surface area (Å²) in [6.07, 6.45) is 1.02. The van der Waals surface area contributed by atoms with Crippen LogP contribution in [0.2, 0.25) is 0 Å². The third-order valence-electron chi connectivity index (χ3n) is 3.87. The molecule has 0 aliphatic carbocycles. The smallest absolute Gasteiger partial charge is 0.189 e. The highest BCUT2D eigenvalue weighted by Crippen LogP contribution is 2.09. The molecule has 1 aromatic carbocycles. The predicted octanol–water partition coefficient (Wildman–Crippen LogP) is -0.170. The van der Waals surface area contributed by atoms with E-state index in [1.807, 2.05) is 12.1 Å². The van der Waals surface area contributed by atoms with E-state index in [4.69, 9.17) is 29.2 Å². The van der Waals surface area contributed by atoms with Crippen LogP contribution in [0.5, 0.6) is 0 Å². The number of quaternary nitrogens is 1. The van der Waals surface area contributed by atoms with Gasteiger partial charge in [-0.15, -0.1) is 0 Å². The van der Waals surface area contributed by atoms with Gasteiger partial charge in [0.1, 0.15) is 13.1 Å². The average Bonchev–Trinajstić information content (AvgIpc) is 2.61. The Bertz CT molecular complexity index is 532. The Labute approximate surface area is 154 Å². The molecule has 1 aliphatic rings. The molecule has 1 fully saturated rings. The lowest BCUT2D eigenvalue weighted by atomic mass is 10.1. The van der Waals surface area contributed by atoms with Crippen molar-refractivity contribution in [2.45, 2.75) is 13.3 Å². The molecule has 5 N–H and O–H groups in total. The van der Waals surface area contributed by atoms with Gasteiger partial charge in [-0.05, 0) is 48.6 Å². The summed E-state index contributed by atoms with van der Waals surface area (Å²) in [5, 5.41) is 7.29. The van der Waals surface area contributed by atoms with E-state index in [0.29, 0.717) is 10.2 Å². The Hall–Kier alpha value is -1.48. The first-order valence-electron chi connectivity index (χ1n) is 8.28. The van der Waals surface area contributed by atoms with Gasteiger partial charge >= 0.3 is 0 Å². The number of morpholine rings is 1. The second-order valence-corrected chi connectivity index (χ2v) is 6.44. The number of hydrogen-bond donors (Lipinski definition) is 5. The Balaban J connectivity index is 1.59. The van der Waals surface area contributed by atoms with Gasteiger partial charge < -0.3 is 20.3 Å². The zero-order valence-corrected chi connectivity index (χ0v) is 15.6. The largest absolute Gasteiger partial charge is 0.370 e. The third-order valence-corrected chi connectivity index (χ3v) is 4.32. The van der Waals surface area contributed by atoms with Gasteiger partial charge in [0.05, 0.1) is 26.3 Å². The fourth-order valence-electron chi connectivity index (χ4n) is 2.41. The van der Waals surface area contributed by atoms with Crippen LogP contribution in [0.1, 0.15) is 12.5 Å². The summed E-state index contributed by atoms with van der Waals surface area (Å²) in [7, 11) is 0. The average molecular weight is 369 g/mol. The standard InChI is InChI=1S/C16H25N5OS2/c1-2-13-3-5-14(6-4-13)18-16(24)20-19-15(23)17-7-8-21-9-11-22-12-10-21/h3-6H,2,7-12H2,1H3,(H2,17,19,23)(H2,18,20,24)/p+1. The molecule has 8 heteroatoms. The summed E-state index contributed by atoms with van der Waals surface area (Å²) < 4.78 is 5.34. The molecule has 0 saturated carbocycles. The van der Waals surface area contributed by atoms with E-state index in [2.05, 4.69) is 40.5 Å². The number of nitrogens with one attached hydrogen (secondary N) is 5. The van der Waals surface area contributed by atoms with Gasteiger partial charge in [-0.25, -0.2) is 0 Å². The molecule has 0 aromatic heterocycles. The van der Waals surface area contributed by atoms with Crippen molar-refractivity contribution in [1.82, 2.24) is 16.2 Å². The number of aryl methyl sites for hydroxylation is 1. The highest BCUT2D eigenvalue weighted by atomic mass is 32.1. The molecule has 1 saturated heterocycles. The van der Waals surface area contributed by atoms with Crippen molar-refractivity contribution < 1.29 is 9.64 Å². The maximum absolute atomic E-state index is 5.34. The van der Waals surface area contributed by atoms with Gasteiger partial charge in [-0.3, -0.25) is 10.9 Å². The van der Waals surface area contributed by atoms with E-state index < -0.39 is 0 Å². The van der Waals surface area contributed by atoms with Crippen LogP contribution in [0.4, 0.5) is 5.69 Å². The number of hydrogen-bond acceptors (Lipinski definition) is 3. The number of ether oxygens (including phenoxy) is 1. The van der Waals surface area contributed by atoms with Gasteiger partial charge in [0.25, 0.3) is 0 Å². The molecule has 1 aromatic rings. The molecule has 0 atom stereocenters. The fraction of sp³-hybridized carbons (Fsp3) is 0.500. The van der Waals surface area contributed by atoms with Crippen LogP contribution >= 0.6 is 24.4 Å². The monoisotopic (exact) mass is 368 g/mol. The highest BCUT2D eigenvalue weighted by molar-refractivity contribution is 7.80. The fourth-order valence-corrected chi connectivity index (χ4v) is 2.73. The zero-order chi connectivity index (χ0) is 17.2. The number of benzene rings is 1. The minimum absolute atomic E-state index is 0.474. The molecule has 6 nitrogen and oxygen atoms in total. The molecule has 132 valence electrons. The van der Waals surface area contributed by atoms with Gasteiger partial charge in [-0.1, -0.05) is 19.1 Å².